The van der Waals surface area contributed by atoms with Crippen molar-refractivity contribution in [3.05, 3.63) is 66.2 Å². The molecule has 0 aromatic heterocycles. The highest BCUT2D eigenvalue weighted by atomic mass is 16.6. The van der Waals surface area contributed by atoms with Crippen LogP contribution >= 0.6 is 0 Å². The fourth-order valence-corrected chi connectivity index (χ4v) is 2.01. The Hall–Kier alpha value is -2.55. The van der Waals surface area contributed by atoms with E-state index < -0.39 is 0 Å². The summed E-state index contributed by atoms with van der Waals surface area (Å²) in [4.78, 5) is 11.3. The van der Waals surface area contributed by atoms with Crippen molar-refractivity contribution < 1.29 is 14.3 Å². The summed E-state index contributed by atoms with van der Waals surface area (Å²) in [6.07, 6.45) is 2.37. The lowest BCUT2D eigenvalue weighted by Gasteiger charge is -2.15. The van der Waals surface area contributed by atoms with Crippen molar-refractivity contribution in [2.45, 2.75) is 20.3 Å². The van der Waals surface area contributed by atoms with Gasteiger partial charge in [-0.2, -0.15) is 0 Å². The van der Waals surface area contributed by atoms with Crippen molar-refractivity contribution in [2.75, 3.05) is 0 Å². The lowest BCUT2D eigenvalue weighted by atomic mass is 10.1. The summed E-state index contributed by atoms with van der Waals surface area (Å²) < 4.78 is 11.2. The number of aryl methyl sites for hydroxylation is 1. The fourth-order valence-electron chi connectivity index (χ4n) is 2.01. The van der Waals surface area contributed by atoms with Gasteiger partial charge in [-0.1, -0.05) is 36.4 Å². The molecule has 0 aliphatic heterocycles. The zero-order chi connectivity index (χ0) is 15.2. The highest BCUT2D eigenvalue weighted by Crippen LogP contribution is 2.36. The van der Waals surface area contributed by atoms with Gasteiger partial charge in [-0.3, -0.25) is 4.79 Å². The Morgan fingerprint density at radius 2 is 1.86 bits per heavy atom. The molecule has 0 unspecified atom stereocenters. The molecule has 0 bridgehead atoms. The third-order valence-electron chi connectivity index (χ3n) is 2.98. The summed E-state index contributed by atoms with van der Waals surface area (Å²) in [5.74, 6) is 1.34. The van der Waals surface area contributed by atoms with Gasteiger partial charge in [0, 0.05) is 12.5 Å². The number of hydrogen-bond donors (Lipinski definition) is 0. The number of para-hydroxylation sites is 2. The third-order valence-corrected chi connectivity index (χ3v) is 2.98. The van der Waals surface area contributed by atoms with E-state index in [1.807, 2.05) is 43.3 Å². The average Bonchev–Trinajstić information content (AvgIpc) is 2.44. The Morgan fingerprint density at radius 1 is 1.14 bits per heavy atom. The van der Waals surface area contributed by atoms with Crippen molar-refractivity contribution in [2.24, 2.45) is 0 Å². The van der Waals surface area contributed by atoms with E-state index in [1.165, 1.54) is 6.92 Å². The number of benzene rings is 2. The molecule has 2 aromatic carbocycles. The normalized spacial score (nSPS) is 10.0. The first-order valence-electron chi connectivity index (χ1n) is 6.76. The molecule has 21 heavy (non-hydrogen) atoms. The number of carbonyl (C=O) groups is 1. The van der Waals surface area contributed by atoms with Crippen molar-refractivity contribution >= 4 is 5.97 Å². The SMILES string of the molecule is C=CCc1cccc(Oc2ccccc2C)c1OC(C)=O. The third kappa shape index (κ3) is 3.72. The number of rotatable bonds is 5. The molecule has 0 saturated carbocycles. The van der Waals surface area contributed by atoms with Gasteiger partial charge in [0.15, 0.2) is 11.5 Å². The molecule has 108 valence electrons. The monoisotopic (exact) mass is 282 g/mol. The van der Waals surface area contributed by atoms with E-state index in [4.69, 9.17) is 9.47 Å². The van der Waals surface area contributed by atoms with Crippen LogP contribution in [0.25, 0.3) is 0 Å². The molecule has 0 aliphatic rings. The van der Waals surface area contributed by atoms with E-state index >= 15 is 0 Å². The lowest BCUT2D eigenvalue weighted by Crippen LogP contribution is -2.05. The minimum Gasteiger partial charge on any atom is -0.453 e. The van der Waals surface area contributed by atoms with Crippen molar-refractivity contribution in [1.82, 2.24) is 0 Å². The minimum absolute atomic E-state index is 0.374. The second kappa shape index (κ2) is 6.75. The van der Waals surface area contributed by atoms with E-state index in [0.29, 0.717) is 17.9 Å². The smallest absolute Gasteiger partial charge is 0.308 e. The van der Waals surface area contributed by atoms with Crippen LogP contribution in [0, 0.1) is 6.92 Å². The molecular formula is C18H18O3. The molecule has 0 spiro atoms. The largest absolute Gasteiger partial charge is 0.453 e. The van der Waals surface area contributed by atoms with Gasteiger partial charge >= 0.3 is 5.97 Å². The van der Waals surface area contributed by atoms with Gasteiger partial charge in [-0.25, -0.2) is 0 Å². The average molecular weight is 282 g/mol. The zero-order valence-corrected chi connectivity index (χ0v) is 12.3. The highest BCUT2D eigenvalue weighted by Gasteiger charge is 2.14. The van der Waals surface area contributed by atoms with Crippen LogP contribution in [0.2, 0.25) is 0 Å². The van der Waals surface area contributed by atoms with Crippen LogP contribution in [0.3, 0.4) is 0 Å². The number of allylic oxidation sites excluding steroid dienone is 1. The van der Waals surface area contributed by atoms with Gasteiger partial charge in [0.1, 0.15) is 5.75 Å². The molecule has 0 heterocycles. The van der Waals surface area contributed by atoms with E-state index in [1.54, 1.807) is 12.1 Å². The van der Waals surface area contributed by atoms with Crippen molar-refractivity contribution in [3.8, 4) is 17.2 Å². The first-order chi connectivity index (χ1) is 10.1. The van der Waals surface area contributed by atoms with E-state index in [2.05, 4.69) is 6.58 Å². The number of esters is 1. The predicted octanol–water partition coefficient (Wildman–Crippen LogP) is 4.44. The summed E-state index contributed by atoms with van der Waals surface area (Å²) in [7, 11) is 0. The van der Waals surface area contributed by atoms with Gasteiger partial charge in [-0.05, 0) is 31.0 Å². The molecule has 0 atom stereocenters. The molecule has 0 saturated heterocycles. The molecule has 3 nitrogen and oxygen atoms in total. The summed E-state index contributed by atoms with van der Waals surface area (Å²) in [6, 6.07) is 13.3. The van der Waals surface area contributed by atoms with Crippen LogP contribution in [-0.4, -0.2) is 5.97 Å². The van der Waals surface area contributed by atoms with Gasteiger partial charge in [-0.15, -0.1) is 6.58 Å². The molecule has 0 amide bonds. The number of carbonyl (C=O) groups excluding carboxylic acids is 1. The quantitative estimate of drug-likeness (QED) is 0.462. The minimum atomic E-state index is -0.374. The maximum absolute atomic E-state index is 11.3. The van der Waals surface area contributed by atoms with Crippen LogP contribution in [0.1, 0.15) is 18.1 Å². The molecule has 3 heteroatoms. The van der Waals surface area contributed by atoms with Crippen molar-refractivity contribution in [1.29, 1.82) is 0 Å². The Morgan fingerprint density at radius 3 is 2.52 bits per heavy atom. The summed E-state index contributed by atoms with van der Waals surface area (Å²) in [6.45, 7) is 7.07. The maximum Gasteiger partial charge on any atom is 0.308 e. The topological polar surface area (TPSA) is 35.5 Å². The summed E-state index contributed by atoms with van der Waals surface area (Å²) in [5.41, 5.74) is 1.88. The Labute approximate surface area is 124 Å². The highest BCUT2D eigenvalue weighted by molar-refractivity contribution is 5.71. The summed E-state index contributed by atoms with van der Waals surface area (Å²) in [5, 5.41) is 0. The van der Waals surface area contributed by atoms with Gasteiger partial charge in [0.05, 0.1) is 0 Å². The molecule has 0 fully saturated rings. The Kier molecular flexibility index (Phi) is 4.77. The van der Waals surface area contributed by atoms with E-state index in [9.17, 15) is 4.79 Å². The standard InChI is InChI=1S/C18H18O3/c1-4-8-15-10-7-12-17(18(15)20-14(3)19)21-16-11-6-5-9-13(16)2/h4-7,9-12H,1,8H2,2-3H3. The summed E-state index contributed by atoms with van der Waals surface area (Å²) >= 11 is 0. The first-order valence-corrected chi connectivity index (χ1v) is 6.76. The second-order valence-corrected chi connectivity index (χ2v) is 4.70. The Bertz CT molecular complexity index is 659. The molecule has 2 rings (SSSR count). The van der Waals surface area contributed by atoms with Gasteiger partial charge in [0.25, 0.3) is 0 Å². The lowest BCUT2D eigenvalue weighted by molar-refractivity contribution is -0.132. The second-order valence-electron chi connectivity index (χ2n) is 4.70. The molecule has 2 aromatic rings. The van der Waals surface area contributed by atoms with Gasteiger partial charge in [0.2, 0.25) is 0 Å². The fraction of sp³-hybridized carbons (Fsp3) is 0.167. The molecule has 0 radical (unpaired) electrons. The molecule has 0 N–H and O–H groups in total. The predicted molar refractivity (Wildman–Crippen MR) is 82.9 cm³/mol. The molecule has 0 aliphatic carbocycles. The first kappa shape index (κ1) is 14.9. The number of ether oxygens (including phenoxy) is 2. The van der Waals surface area contributed by atoms with E-state index in [0.717, 1.165) is 16.9 Å². The van der Waals surface area contributed by atoms with Crippen LogP contribution in [-0.2, 0) is 11.2 Å². The van der Waals surface area contributed by atoms with Crippen LogP contribution in [0.5, 0.6) is 17.2 Å². The van der Waals surface area contributed by atoms with Crippen molar-refractivity contribution in [3.63, 3.8) is 0 Å². The van der Waals surface area contributed by atoms with Gasteiger partial charge < -0.3 is 9.47 Å². The molecular weight excluding hydrogens is 264 g/mol. The van der Waals surface area contributed by atoms with E-state index in [-0.39, 0.29) is 5.97 Å². The van der Waals surface area contributed by atoms with Crippen LogP contribution in [0.4, 0.5) is 0 Å². The maximum atomic E-state index is 11.3. The van der Waals surface area contributed by atoms with Crippen LogP contribution < -0.4 is 9.47 Å². The Balaban J connectivity index is 2.42. The zero-order valence-electron chi connectivity index (χ0n) is 12.3. The van der Waals surface area contributed by atoms with Crippen LogP contribution in [0.15, 0.2) is 55.1 Å². The number of hydrogen-bond acceptors (Lipinski definition) is 3.